The maximum Gasteiger partial charge on any atom is 0.0883 e. The Labute approximate surface area is 82.4 Å². The van der Waals surface area contributed by atoms with E-state index in [2.05, 4.69) is 43.6 Å². The third-order valence-electron chi connectivity index (χ3n) is 0.690. The molecule has 1 N–H and O–H groups in total. The Bertz CT molecular complexity index is 39.7. The maximum atomic E-state index is 2.44. The lowest BCUT2D eigenvalue weighted by atomic mass is 10.5. The summed E-state index contributed by atoms with van der Waals surface area (Å²) in [7, 11) is 4.35. The van der Waals surface area contributed by atoms with Crippen LogP contribution >= 0.6 is 22.6 Å². The van der Waals surface area contributed by atoms with E-state index >= 15 is 0 Å². The molecule has 0 aromatic carbocycles. The third kappa shape index (κ3) is 10.4. The van der Waals surface area contributed by atoms with Crippen LogP contribution in [-0.4, -0.2) is 24.6 Å². The molecule has 0 fully saturated rings. The molecule has 1 unspecified atom stereocenters. The summed E-state index contributed by atoms with van der Waals surface area (Å²) >= 11 is 2.44. The lowest BCUT2D eigenvalue weighted by molar-refractivity contribution is -0.857. The van der Waals surface area contributed by atoms with Crippen LogP contribution in [0.2, 0.25) is 0 Å². The molecule has 0 aliphatic heterocycles. The van der Waals surface area contributed by atoms with Crippen molar-refractivity contribution in [2.45, 2.75) is 10.8 Å². The highest BCUT2D eigenvalue weighted by molar-refractivity contribution is 14.1. The monoisotopic (exact) mass is 341 g/mol. The summed E-state index contributed by atoms with van der Waals surface area (Å²) in [5.41, 5.74) is 0. The molecule has 0 rings (SSSR count). The molecule has 0 amide bonds. The molecule has 0 radical (unpaired) electrons. The van der Waals surface area contributed by atoms with Gasteiger partial charge in [-0.3, -0.25) is 0 Å². The van der Waals surface area contributed by atoms with Crippen LogP contribution < -0.4 is 28.9 Å². The van der Waals surface area contributed by atoms with E-state index in [0.717, 1.165) is 3.92 Å². The highest BCUT2D eigenvalue weighted by atomic mass is 127. The zero-order valence-corrected chi connectivity index (χ0v) is 9.86. The smallest absolute Gasteiger partial charge is 0.0883 e. The maximum absolute atomic E-state index is 2.44. The minimum atomic E-state index is 0. The Morgan fingerprint density at radius 3 is 1.88 bits per heavy atom. The molecule has 3 heteroatoms. The standard InChI is InChI=1S/C5H12IN.HI/c1-5(6)4-7(2)3;/h5H,4H2,1-3H3;1H. The Morgan fingerprint density at radius 2 is 1.88 bits per heavy atom. The van der Waals surface area contributed by atoms with Crippen molar-refractivity contribution in [2.24, 2.45) is 0 Å². The van der Waals surface area contributed by atoms with Gasteiger partial charge >= 0.3 is 0 Å². The average Bonchev–Trinajstić information content (AvgIpc) is 1.27. The number of hydrogen-bond acceptors (Lipinski definition) is 0. The van der Waals surface area contributed by atoms with Crippen molar-refractivity contribution in [1.29, 1.82) is 0 Å². The van der Waals surface area contributed by atoms with Crippen LogP contribution in [-0.2, 0) is 0 Å². The summed E-state index contributed by atoms with van der Waals surface area (Å²) in [6.07, 6.45) is 0. The molecular formula is C5H13I2N. The summed E-state index contributed by atoms with van der Waals surface area (Å²) in [5.74, 6) is 0. The van der Waals surface area contributed by atoms with Crippen LogP contribution in [0.15, 0.2) is 0 Å². The van der Waals surface area contributed by atoms with Crippen molar-refractivity contribution in [2.75, 3.05) is 20.6 Å². The topological polar surface area (TPSA) is 4.44 Å². The first-order chi connectivity index (χ1) is 3.13. The molecular weight excluding hydrogens is 328 g/mol. The number of rotatable bonds is 2. The van der Waals surface area contributed by atoms with E-state index in [9.17, 15) is 0 Å². The molecule has 52 valence electrons. The molecule has 0 heterocycles. The molecule has 1 nitrogen and oxygen atoms in total. The summed E-state index contributed by atoms with van der Waals surface area (Å²) in [5, 5.41) is 0. The molecule has 0 aliphatic rings. The summed E-state index contributed by atoms with van der Waals surface area (Å²) in [6, 6.07) is 0. The van der Waals surface area contributed by atoms with E-state index in [4.69, 9.17) is 0 Å². The van der Waals surface area contributed by atoms with Crippen LogP contribution in [0.4, 0.5) is 0 Å². The summed E-state index contributed by atoms with van der Waals surface area (Å²) in [6.45, 7) is 3.49. The molecule has 1 atom stereocenters. The van der Waals surface area contributed by atoms with Crippen LogP contribution in [0.25, 0.3) is 0 Å². The molecule has 0 aromatic heterocycles. The Hall–Kier alpha value is 1.42. The van der Waals surface area contributed by atoms with Gasteiger partial charge in [0.25, 0.3) is 0 Å². The van der Waals surface area contributed by atoms with Gasteiger partial charge in [-0.25, -0.2) is 0 Å². The molecule has 0 bridgehead atoms. The Balaban J connectivity index is 0. The number of hydrogen-bond donors (Lipinski definition) is 1. The van der Waals surface area contributed by atoms with Crippen LogP contribution in [0.3, 0.4) is 0 Å². The lowest BCUT2D eigenvalue weighted by Crippen LogP contribution is -3.06. The fourth-order valence-corrected chi connectivity index (χ4v) is 1.44. The van der Waals surface area contributed by atoms with Crippen LogP contribution in [0.1, 0.15) is 6.92 Å². The van der Waals surface area contributed by atoms with E-state index in [1.165, 1.54) is 11.4 Å². The fourth-order valence-electron chi connectivity index (χ4n) is 0.563. The van der Waals surface area contributed by atoms with Gasteiger partial charge in [0.1, 0.15) is 0 Å². The number of nitrogens with one attached hydrogen (secondary N) is 1. The van der Waals surface area contributed by atoms with Crippen LogP contribution in [0.5, 0.6) is 0 Å². The molecule has 0 aromatic rings. The molecule has 8 heavy (non-hydrogen) atoms. The first kappa shape index (κ1) is 12.1. The Kier molecular flexibility index (Phi) is 9.91. The zero-order chi connectivity index (χ0) is 5.86. The van der Waals surface area contributed by atoms with Gasteiger partial charge in [-0.1, -0.05) is 22.6 Å². The van der Waals surface area contributed by atoms with Gasteiger partial charge in [0.2, 0.25) is 0 Å². The van der Waals surface area contributed by atoms with Gasteiger partial charge in [-0.2, -0.15) is 0 Å². The van der Waals surface area contributed by atoms with Crippen molar-refractivity contribution in [3.8, 4) is 0 Å². The minimum absolute atomic E-state index is 0. The normalized spacial score (nSPS) is 13.1. The summed E-state index contributed by atoms with van der Waals surface area (Å²) < 4.78 is 0.808. The van der Waals surface area contributed by atoms with E-state index < -0.39 is 0 Å². The predicted octanol–water partition coefficient (Wildman–Crippen LogP) is -3.04. The largest absolute Gasteiger partial charge is 1.00 e. The van der Waals surface area contributed by atoms with E-state index in [1.54, 1.807) is 0 Å². The highest BCUT2D eigenvalue weighted by Crippen LogP contribution is 1.91. The van der Waals surface area contributed by atoms with Crippen LogP contribution in [0, 0.1) is 0 Å². The summed E-state index contributed by atoms with van der Waals surface area (Å²) in [4.78, 5) is 1.53. The van der Waals surface area contributed by atoms with Crippen molar-refractivity contribution < 1.29 is 28.9 Å². The lowest BCUT2D eigenvalue weighted by Gasteiger charge is -2.07. The predicted molar refractivity (Wildman–Crippen MR) is 41.2 cm³/mol. The van der Waals surface area contributed by atoms with Gasteiger partial charge in [0.05, 0.1) is 24.6 Å². The number of alkyl halides is 1. The minimum Gasteiger partial charge on any atom is -1.00 e. The van der Waals surface area contributed by atoms with E-state index in [1.807, 2.05) is 0 Å². The molecule has 0 saturated carbocycles. The number of quaternary nitrogens is 1. The van der Waals surface area contributed by atoms with Crippen molar-refractivity contribution in [3.63, 3.8) is 0 Å². The molecule has 0 aliphatic carbocycles. The zero-order valence-electron chi connectivity index (χ0n) is 5.54. The van der Waals surface area contributed by atoms with E-state index in [-0.39, 0.29) is 24.0 Å². The SMILES string of the molecule is CC(I)C[NH+](C)C.[I-]. The van der Waals surface area contributed by atoms with Crippen molar-refractivity contribution in [3.05, 3.63) is 0 Å². The molecule has 0 saturated heterocycles. The molecule has 0 spiro atoms. The quantitative estimate of drug-likeness (QED) is 0.403. The first-order valence-electron chi connectivity index (χ1n) is 2.56. The average molecular weight is 341 g/mol. The Morgan fingerprint density at radius 1 is 1.50 bits per heavy atom. The second-order valence-corrected chi connectivity index (χ2v) is 4.32. The third-order valence-corrected chi connectivity index (χ3v) is 1.13. The highest BCUT2D eigenvalue weighted by Gasteiger charge is 1.97. The van der Waals surface area contributed by atoms with Gasteiger partial charge in [0.15, 0.2) is 0 Å². The van der Waals surface area contributed by atoms with Gasteiger partial charge in [-0.15, -0.1) is 0 Å². The van der Waals surface area contributed by atoms with Crippen molar-refractivity contribution in [1.82, 2.24) is 0 Å². The second-order valence-electron chi connectivity index (χ2n) is 2.19. The van der Waals surface area contributed by atoms with E-state index in [0.29, 0.717) is 0 Å². The van der Waals surface area contributed by atoms with Gasteiger partial charge in [-0.05, 0) is 6.92 Å². The van der Waals surface area contributed by atoms with Gasteiger partial charge in [0, 0.05) is 0 Å². The fraction of sp³-hybridized carbons (Fsp3) is 1.00. The number of halogens is 2. The van der Waals surface area contributed by atoms with Gasteiger partial charge < -0.3 is 28.9 Å². The van der Waals surface area contributed by atoms with Crippen molar-refractivity contribution >= 4 is 22.6 Å². The second kappa shape index (κ2) is 6.54. The first-order valence-corrected chi connectivity index (χ1v) is 3.80.